The second-order valence-corrected chi connectivity index (χ2v) is 6.38. The molecule has 2 heterocycles. The summed E-state index contributed by atoms with van der Waals surface area (Å²) >= 11 is 0. The lowest BCUT2D eigenvalue weighted by atomic mass is 10.1. The molecule has 1 aliphatic rings. The van der Waals surface area contributed by atoms with Crippen molar-refractivity contribution in [3.8, 4) is 0 Å². The zero-order chi connectivity index (χ0) is 12.5. The van der Waals surface area contributed by atoms with Crippen molar-refractivity contribution in [3.05, 3.63) is 11.7 Å². The lowest BCUT2D eigenvalue weighted by molar-refractivity contribution is -0.136. The molecule has 17 heavy (non-hydrogen) atoms. The van der Waals surface area contributed by atoms with Gasteiger partial charge in [-0.15, -0.1) is 0 Å². The van der Waals surface area contributed by atoms with Crippen molar-refractivity contribution in [2.24, 2.45) is 5.92 Å². The molecule has 0 bridgehead atoms. The summed E-state index contributed by atoms with van der Waals surface area (Å²) < 4.78 is 27.2. The van der Waals surface area contributed by atoms with Crippen molar-refractivity contribution in [3.63, 3.8) is 0 Å². The molecule has 0 saturated carbocycles. The summed E-state index contributed by atoms with van der Waals surface area (Å²) in [6.07, 6.45) is 0.712. The lowest BCUT2D eigenvalue weighted by Gasteiger charge is -2.01. The highest BCUT2D eigenvalue weighted by Gasteiger charge is 2.29. The van der Waals surface area contributed by atoms with E-state index in [2.05, 4.69) is 10.1 Å². The Bertz CT molecular complexity index is 521. The maximum atomic E-state index is 11.2. The Balaban J connectivity index is 1.96. The van der Waals surface area contributed by atoms with Crippen LogP contribution in [0.3, 0.4) is 0 Å². The Morgan fingerprint density at radius 1 is 1.53 bits per heavy atom. The second-order valence-electron chi connectivity index (χ2n) is 4.15. The van der Waals surface area contributed by atoms with Gasteiger partial charge in [0, 0.05) is 6.42 Å². The Morgan fingerprint density at radius 3 is 2.88 bits per heavy atom. The molecule has 0 spiro atoms. The summed E-state index contributed by atoms with van der Waals surface area (Å²) in [4.78, 5) is 14.3. The molecule has 1 aromatic rings. The van der Waals surface area contributed by atoms with E-state index in [4.69, 9.17) is 9.63 Å². The maximum absolute atomic E-state index is 11.2. The minimum Gasteiger partial charge on any atom is -0.481 e. The predicted molar refractivity (Wildman–Crippen MR) is 56.1 cm³/mol. The second kappa shape index (κ2) is 4.44. The first-order valence-electron chi connectivity index (χ1n) is 5.18. The molecule has 1 unspecified atom stereocenters. The molecule has 8 heteroatoms. The number of sulfone groups is 1. The molecule has 2 rings (SSSR count). The molecule has 1 saturated heterocycles. The SMILES string of the molecule is O=C(O)Cc1nc(CC2CCS(=O)(=O)C2)no1. The summed E-state index contributed by atoms with van der Waals surface area (Å²) in [5.41, 5.74) is 0. The van der Waals surface area contributed by atoms with Gasteiger partial charge in [-0.05, 0) is 12.3 Å². The smallest absolute Gasteiger partial charge is 0.312 e. The number of carbonyl (C=O) groups is 1. The van der Waals surface area contributed by atoms with E-state index in [1.807, 2.05) is 0 Å². The van der Waals surface area contributed by atoms with Crippen LogP contribution < -0.4 is 0 Å². The zero-order valence-corrected chi connectivity index (χ0v) is 9.81. The third-order valence-corrected chi connectivity index (χ3v) is 4.45. The van der Waals surface area contributed by atoms with Crippen molar-refractivity contribution in [2.75, 3.05) is 11.5 Å². The first-order valence-corrected chi connectivity index (χ1v) is 7.00. The van der Waals surface area contributed by atoms with Crippen LogP contribution >= 0.6 is 0 Å². The number of rotatable bonds is 4. The van der Waals surface area contributed by atoms with Crippen molar-refractivity contribution >= 4 is 15.8 Å². The average Bonchev–Trinajstić information content (AvgIpc) is 2.73. The first kappa shape index (κ1) is 12.0. The molecule has 0 amide bonds. The Labute approximate surface area is 97.7 Å². The molecule has 1 aliphatic heterocycles. The van der Waals surface area contributed by atoms with Crippen molar-refractivity contribution in [2.45, 2.75) is 19.3 Å². The van der Waals surface area contributed by atoms with Crippen molar-refractivity contribution in [1.29, 1.82) is 0 Å². The number of carboxylic acid groups (broad SMARTS) is 1. The van der Waals surface area contributed by atoms with Crippen LogP contribution in [-0.2, 0) is 27.5 Å². The molecule has 0 aliphatic carbocycles. The topological polar surface area (TPSA) is 110 Å². The molecule has 1 aromatic heterocycles. The fourth-order valence-electron chi connectivity index (χ4n) is 1.87. The molecule has 1 atom stereocenters. The number of nitrogens with zero attached hydrogens (tertiary/aromatic N) is 2. The van der Waals surface area contributed by atoms with Gasteiger partial charge >= 0.3 is 5.97 Å². The van der Waals surface area contributed by atoms with Gasteiger partial charge in [-0.25, -0.2) is 8.42 Å². The van der Waals surface area contributed by atoms with E-state index in [-0.39, 0.29) is 29.7 Å². The highest BCUT2D eigenvalue weighted by atomic mass is 32.2. The monoisotopic (exact) mass is 260 g/mol. The highest BCUT2D eigenvalue weighted by Crippen LogP contribution is 2.21. The standard InChI is InChI=1S/C9H12N2O5S/c12-9(13)4-8-10-7(11-16-8)3-6-1-2-17(14,15)5-6/h6H,1-5H2,(H,12,13). The average molecular weight is 260 g/mol. The van der Waals surface area contributed by atoms with E-state index in [0.29, 0.717) is 18.7 Å². The van der Waals surface area contributed by atoms with Gasteiger partial charge in [0.2, 0.25) is 5.89 Å². The van der Waals surface area contributed by atoms with Crippen molar-refractivity contribution < 1.29 is 22.8 Å². The predicted octanol–water partition coefficient (Wildman–Crippen LogP) is -0.326. The summed E-state index contributed by atoms with van der Waals surface area (Å²) in [6.45, 7) is 0. The van der Waals surface area contributed by atoms with Gasteiger partial charge in [-0.1, -0.05) is 5.16 Å². The number of hydrogen-bond donors (Lipinski definition) is 1. The van der Waals surface area contributed by atoms with Crippen LogP contribution in [0.4, 0.5) is 0 Å². The van der Waals surface area contributed by atoms with Gasteiger partial charge in [0.15, 0.2) is 15.7 Å². The number of aromatic nitrogens is 2. The number of carboxylic acids is 1. The Hall–Kier alpha value is -1.44. The van der Waals surface area contributed by atoms with Crippen LogP contribution in [0.25, 0.3) is 0 Å². The van der Waals surface area contributed by atoms with E-state index in [0.717, 1.165) is 0 Å². The van der Waals surface area contributed by atoms with Gasteiger partial charge in [0.05, 0.1) is 11.5 Å². The van der Waals surface area contributed by atoms with Crippen molar-refractivity contribution in [1.82, 2.24) is 10.1 Å². The molecular formula is C9H12N2O5S. The summed E-state index contributed by atoms with van der Waals surface area (Å²) in [5, 5.41) is 12.2. The molecule has 1 fully saturated rings. The Kier molecular flexibility index (Phi) is 3.14. The van der Waals surface area contributed by atoms with E-state index >= 15 is 0 Å². The number of aliphatic carboxylic acids is 1. The molecule has 7 nitrogen and oxygen atoms in total. The Morgan fingerprint density at radius 2 is 2.29 bits per heavy atom. The molecule has 0 aromatic carbocycles. The van der Waals surface area contributed by atoms with Crippen LogP contribution in [0, 0.1) is 5.92 Å². The fraction of sp³-hybridized carbons (Fsp3) is 0.667. The van der Waals surface area contributed by atoms with Gasteiger partial charge in [-0.2, -0.15) is 4.98 Å². The third-order valence-electron chi connectivity index (χ3n) is 2.61. The van der Waals surface area contributed by atoms with Crippen LogP contribution in [0.5, 0.6) is 0 Å². The van der Waals surface area contributed by atoms with Crippen LogP contribution in [0.15, 0.2) is 4.52 Å². The van der Waals surface area contributed by atoms with Crippen LogP contribution in [0.2, 0.25) is 0 Å². The molecule has 0 radical (unpaired) electrons. The van der Waals surface area contributed by atoms with E-state index in [1.165, 1.54) is 0 Å². The van der Waals surface area contributed by atoms with E-state index in [9.17, 15) is 13.2 Å². The van der Waals surface area contributed by atoms with Crippen LogP contribution in [-0.4, -0.2) is 41.1 Å². The van der Waals surface area contributed by atoms with Gasteiger partial charge in [0.25, 0.3) is 0 Å². The minimum absolute atomic E-state index is 0.00952. The van der Waals surface area contributed by atoms with Gasteiger partial charge in [0.1, 0.15) is 6.42 Å². The highest BCUT2D eigenvalue weighted by molar-refractivity contribution is 7.91. The van der Waals surface area contributed by atoms with E-state index < -0.39 is 15.8 Å². The quantitative estimate of drug-likeness (QED) is 0.789. The molecular weight excluding hydrogens is 248 g/mol. The lowest BCUT2D eigenvalue weighted by Crippen LogP contribution is -2.08. The first-order chi connectivity index (χ1) is 7.94. The van der Waals surface area contributed by atoms with Gasteiger partial charge in [-0.3, -0.25) is 4.79 Å². The zero-order valence-electron chi connectivity index (χ0n) is 9.00. The summed E-state index contributed by atoms with van der Waals surface area (Å²) in [6, 6.07) is 0. The minimum atomic E-state index is -2.91. The summed E-state index contributed by atoms with van der Waals surface area (Å²) in [5.74, 6) is -0.247. The van der Waals surface area contributed by atoms with Gasteiger partial charge < -0.3 is 9.63 Å². The normalized spacial score (nSPS) is 22.7. The molecule has 94 valence electrons. The van der Waals surface area contributed by atoms with E-state index in [1.54, 1.807) is 0 Å². The maximum Gasteiger partial charge on any atom is 0.312 e. The molecule has 1 N–H and O–H groups in total. The number of hydrogen-bond acceptors (Lipinski definition) is 6. The largest absolute Gasteiger partial charge is 0.481 e. The third kappa shape index (κ3) is 3.26. The fourth-order valence-corrected chi connectivity index (χ4v) is 3.73. The van der Waals surface area contributed by atoms with Crippen LogP contribution in [0.1, 0.15) is 18.1 Å². The summed E-state index contributed by atoms with van der Waals surface area (Å²) in [7, 11) is -2.91.